The molecule has 3 heteroatoms. The second-order valence-corrected chi connectivity index (χ2v) is 2.94. The van der Waals surface area contributed by atoms with E-state index in [4.69, 9.17) is 4.74 Å². The van der Waals surface area contributed by atoms with Crippen LogP contribution in [0.2, 0.25) is 0 Å². The van der Waals surface area contributed by atoms with Gasteiger partial charge < -0.3 is 9.64 Å². The van der Waals surface area contributed by atoms with Crippen LogP contribution >= 0.6 is 0 Å². The maximum absolute atomic E-state index is 11.1. The summed E-state index contributed by atoms with van der Waals surface area (Å²) in [7, 11) is 0. The summed E-state index contributed by atoms with van der Waals surface area (Å²) in [5.74, 6) is -0.172. The van der Waals surface area contributed by atoms with Crippen LogP contribution in [-0.4, -0.2) is 30.1 Å². The van der Waals surface area contributed by atoms with Crippen molar-refractivity contribution >= 4 is 5.97 Å². The summed E-state index contributed by atoms with van der Waals surface area (Å²) in [6.07, 6.45) is 7.84. The van der Waals surface area contributed by atoms with E-state index in [9.17, 15) is 4.79 Å². The van der Waals surface area contributed by atoms with Crippen LogP contribution in [0.15, 0.2) is 24.4 Å². The molecule has 72 valence electrons. The SMILES string of the molecule is CCOC(=O)CN1C=CC=CC1C. The zero-order valence-corrected chi connectivity index (χ0v) is 8.06. The van der Waals surface area contributed by atoms with Gasteiger partial charge in [-0.2, -0.15) is 0 Å². The summed E-state index contributed by atoms with van der Waals surface area (Å²) >= 11 is 0. The van der Waals surface area contributed by atoms with Gasteiger partial charge in [0.05, 0.1) is 6.61 Å². The van der Waals surface area contributed by atoms with Gasteiger partial charge in [0, 0.05) is 12.2 Å². The average Bonchev–Trinajstić information content (AvgIpc) is 2.09. The van der Waals surface area contributed by atoms with Crippen LogP contribution in [0.25, 0.3) is 0 Å². The molecule has 0 aliphatic carbocycles. The molecule has 0 aromatic carbocycles. The van der Waals surface area contributed by atoms with Gasteiger partial charge in [-0.3, -0.25) is 4.79 Å². The molecule has 0 saturated heterocycles. The fraction of sp³-hybridized carbons (Fsp3) is 0.500. The van der Waals surface area contributed by atoms with Crippen LogP contribution in [-0.2, 0) is 9.53 Å². The molecule has 13 heavy (non-hydrogen) atoms. The summed E-state index contributed by atoms with van der Waals surface area (Å²) in [5.41, 5.74) is 0. The number of carbonyl (C=O) groups is 1. The van der Waals surface area contributed by atoms with Gasteiger partial charge in [0.2, 0.25) is 0 Å². The fourth-order valence-electron chi connectivity index (χ4n) is 1.18. The lowest BCUT2D eigenvalue weighted by Gasteiger charge is -2.26. The minimum Gasteiger partial charge on any atom is -0.465 e. The van der Waals surface area contributed by atoms with Crippen molar-refractivity contribution in [3.8, 4) is 0 Å². The zero-order chi connectivity index (χ0) is 9.68. The molecule has 1 atom stereocenters. The first kappa shape index (κ1) is 9.84. The molecule has 0 radical (unpaired) electrons. The Balaban J connectivity index is 2.40. The van der Waals surface area contributed by atoms with Crippen molar-refractivity contribution < 1.29 is 9.53 Å². The summed E-state index contributed by atoms with van der Waals surface area (Å²) in [6.45, 7) is 4.63. The summed E-state index contributed by atoms with van der Waals surface area (Å²) in [4.78, 5) is 13.1. The van der Waals surface area contributed by atoms with Crippen molar-refractivity contribution in [1.82, 2.24) is 4.90 Å². The number of allylic oxidation sites excluding steroid dienone is 2. The minimum absolute atomic E-state index is 0.172. The Kier molecular flexibility index (Phi) is 3.55. The quantitative estimate of drug-likeness (QED) is 0.615. The van der Waals surface area contributed by atoms with Gasteiger partial charge in [-0.25, -0.2) is 0 Å². The van der Waals surface area contributed by atoms with E-state index in [0.29, 0.717) is 13.2 Å². The first-order chi connectivity index (χ1) is 6.24. The topological polar surface area (TPSA) is 29.5 Å². The van der Waals surface area contributed by atoms with Crippen LogP contribution in [0.1, 0.15) is 13.8 Å². The molecule has 0 N–H and O–H groups in total. The Bertz CT molecular complexity index is 233. The third kappa shape index (κ3) is 2.93. The van der Waals surface area contributed by atoms with Gasteiger partial charge in [-0.05, 0) is 19.9 Å². The molecule has 0 bridgehead atoms. The Morgan fingerprint density at radius 2 is 2.31 bits per heavy atom. The molecule has 3 nitrogen and oxygen atoms in total. The summed E-state index contributed by atoms with van der Waals surface area (Å²) in [6, 6.07) is 0.273. The van der Waals surface area contributed by atoms with Crippen LogP contribution in [0.4, 0.5) is 0 Å². The third-order valence-electron chi connectivity index (χ3n) is 1.92. The van der Waals surface area contributed by atoms with E-state index in [1.165, 1.54) is 0 Å². The van der Waals surface area contributed by atoms with E-state index in [-0.39, 0.29) is 12.0 Å². The van der Waals surface area contributed by atoms with Gasteiger partial charge in [-0.1, -0.05) is 12.2 Å². The molecule has 0 amide bonds. The van der Waals surface area contributed by atoms with Gasteiger partial charge in [0.1, 0.15) is 6.54 Å². The number of hydrogen-bond donors (Lipinski definition) is 0. The van der Waals surface area contributed by atoms with Gasteiger partial charge in [0.15, 0.2) is 0 Å². The maximum Gasteiger partial charge on any atom is 0.325 e. The molecule has 1 aliphatic rings. The standard InChI is InChI=1S/C10H15NO2/c1-3-13-10(12)8-11-7-5-4-6-9(11)2/h4-7,9H,3,8H2,1-2H3. The maximum atomic E-state index is 11.1. The van der Waals surface area contributed by atoms with Crippen molar-refractivity contribution in [2.24, 2.45) is 0 Å². The lowest BCUT2D eigenvalue weighted by molar-refractivity contribution is -0.144. The highest BCUT2D eigenvalue weighted by Crippen LogP contribution is 2.06. The monoisotopic (exact) mass is 181 g/mol. The summed E-state index contributed by atoms with van der Waals surface area (Å²) < 4.78 is 4.85. The molecule has 0 aromatic rings. The molecule has 1 heterocycles. The van der Waals surface area contributed by atoms with Crippen molar-refractivity contribution in [2.45, 2.75) is 19.9 Å². The predicted octanol–water partition coefficient (Wildman–Crippen LogP) is 1.32. The first-order valence-electron chi connectivity index (χ1n) is 4.50. The predicted molar refractivity (Wildman–Crippen MR) is 51.1 cm³/mol. The lowest BCUT2D eigenvalue weighted by atomic mass is 10.2. The fourth-order valence-corrected chi connectivity index (χ4v) is 1.18. The van der Waals surface area contributed by atoms with Crippen LogP contribution in [0.3, 0.4) is 0 Å². The van der Waals surface area contributed by atoms with E-state index in [1.807, 2.05) is 43.2 Å². The van der Waals surface area contributed by atoms with Gasteiger partial charge in [-0.15, -0.1) is 0 Å². The van der Waals surface area contributed by atoms with E-state index in [1.54, 1.807) is 0 Å². The highest BCUT2D eigenvalue weighted by molar-refractivity contribution is 5.71. The highest BCUT2D eigenvalue weighted by atomic mass is 16.5. The molecule has 0 fully saturated rings. The normalized spacial score (nSPS) is 20.5. The molecular formula is C10H15NO2. The smallest absolute Gasteiger partial charge is 0.325 e. The Morgan fingerprint density at radius 3 is 2.92 bits per heavy atom. The molecule has 0 aromatic heterocycles. The van der Waals surface area contributed by atoms with Crippen LogP contribution < -0.4 is 0 Å². The second kappa shape index (κ2) is 4.70. The number of hydrogen-bond acceptors (Lipinski definition) is 3. The number of esters is 1. The lowest BCUT2D eigenvalue weighted by Crippen LogP contribution is -2.33. The molecule has 0 saturated carbocycles. The molecule has 1 rings (SSSR count). The number of nitrogens with zero attached hydrogens (tertiary/aromatic N) is 1. The Morgan fingerprint density at radius 1 is 1.54 bits per heavy atom. The van der Waals surface area contributed by atoms with Crippen LogP contribution in [0, 0.1) is 0 Å². The minimum atomic E-state index is -0.172. The first-order valence-corrected chi connectivity index (χ1v) is 4.50. The Hall–Kier alpha value is -1.25. The van der Waals surface area contributed by atoms with Gasteiger partial charge >= 0.3 is 5.97 Å². The largest absolute Gasteiger partial charge is 0.465 e. The van der Waals surface area contributed by atoms with Crippen molar-refractivity contribution in [3.05, 3.63) is 24.4 Å². The Labute approximate surface area is 78.7 Å². The number of rotatable bonds is 3. The molecular weight excluding hydrogens is 166 g/mol. The number of ether oxygens (including phenoxy) is 1. The van der Waals surface area contributed by atoms with Crippen molar-refractivity contribution in [3.63, 3.8) is 0 Å². The van der Waals surface area contributed by atoms with Crippen molar-refractivity contribution in [2.75, 3.05) is 13.2 Å². The van der Waals surface area contributed by atoms with E-state index in [0.717, 1.165) is 0 Å². The zero-order valence-electron chi connectivity index (χ0n) is 8.06. The molecule has 1 unspecified atom stereocenters. The van der Waals surface area contributed by atoms with E-state index < -0.39 is 0 Å². The number of carbonyl (C=O) groups excluding carboxylic acids is 1. The van der Waals surface area contributed by atoms with E-state index >= 15 is 0 Å². The summed E-state index contributed by atoms with van der Waals surface area (Å²) in [5, 5.41) is 0. The highest BCUT2D eigenvalue weighted by Gasteiger charge is 2.13. The molecule has 0 spiro atoms. The third-order valence-corrected chi connectivity index (χ3v) is 1.92. The van der Waals surface area contributed by atoms with E-state index in [2.05, 4.69) is 0 Å². The van der Waals surface area contributed by atoms with Gasteiger partial charge in [0.25, 0.3) is 0 Å². The molecule has 1 aliphatic heterocycles. The van der Waals surface area contributed by atoms with Crippen molar-refractivity contribution in [1.29, 1.82) is 0 Å². The van der Waals surface area contributed by atoms with Crippen LogP contribution in [0.5, 0.6) is 0 Å². The second-order valence-electron chi connectivity index (χ2n) is 2.94. The average molecular weight is 181 g/mol.